The van der Waals surface area contributed by atoms with E-state index in [4.69, 9.17) is 27.9 Å². The number of carbonyl (C=O) groups excluding carboxylic acids is 1. The van der Waals surface area contributed by atoms with E-state index in [1.54, 1.807) is 43.3 Å². The zero-order chi connectivity index (χ0) is 16.8. The van der Waals surface area contributed by atoms with Crippen LogP contribution < -0.4 is 4.74 Å². The van der Waals surface area contributed by atoms with Crippen LogP contribution in [-0.4, -0.2) is 25.0 Å². The average molecular weight is 350 g/mol. The average Bonchev–Trinajstić information content (AvgIpc) is 2.55. The normalized spacial score (nSPS) is 10.8. The third kappa shape index (κ3) is 5.02. The topological polar surface area (TPSA) is 29.5 Å². The molecule has 0 saturated carbocycles. The summed E-state index contributed by atoms with van der Waals surface area (Å²) in [7, 11) is 3.36. The molecule has 23 heavy (non-hydrogen) atoms. The van der Waals surface area contributed by atoms with Crippen LogP contribution in [0.3, 0.4) is 0 Å². The van der Waals surface area contributed by atoms with Crippen molar-refractivity contribution in [1.82, 2.24) is 4.90 Å². The second-order valence-corrected chi connectivity index (χ2v) is 5.89. The van der Waals surface area contributed by atoms with Crippen molar-refractivity contribution in [2.24, 2.45) is 0 Å². The minimum atomic E-state index is -0.121. The summed E-state index contributed by atoms with van der Waals surface area (Å²) in [6.45, 7) is 0.490. The molecule has 0 radical (unpaired) electrons. The number of methoxy groups -OCH3 is 1. The minimum absolute atomic E-state index is 0.121. The molecule has 0 bridgehead atoms. The predicted molar refractivity (Wildman–Crippen MR) is 95.0 cm³/mol. The monoisotopic (exact) mass is 349 g/mol. The van der Waals surface area contributed by atoms with Crippen molar-refractivity contribution in [3.05, 3.63) is 69.7 Å². The van der Waals surface area contributed by atoms with Gasteiger partial charge in [-0.3, -0.25) is 4.79 Å². The molecule has 2 aromatic carbocycles. The number of halogens is 2. The number of amides is 1. The van der Waals surface area contributed by atoms with Gasteiger partial charge in [0.1, 0.15) is 5.75 Å². The van der Waals surface area contributed by atoms with Gasteiger partial charge in [0.2, 0.25) is 5.91 Å². The first-order chi connectivity index (χ1) is 11.0. The van der Waals surface area contributed by atoms with E-state index in [1.807, 2.05) is 24.3 Å². The number of likely N-dealkylation sites (N-methyl/N-ethyl adjacent to an activating group) is 1. The van der Waals surface area contributed by atoms with Crippen molar-refractivity contribution in [3.8, 4) is 5.75 Å². The lowest BCUT2D eigenvalue weighted by atomic mass is 10.2. The molecule has 1 amide bonds. The highest BCUT2D eigenvalue weighted by atomic mass is 35.5. The molecule has 0 aliphatic rings. The van der Waals surface area contributed by atoms with Gasteiger partial charge in [-0.1, -0.05) is 35.3 Å². The van der Waals surface area contributed by atoms with E-state index >= 15 is 0 Å². The van der Waals surface area contributed by atoms with Crippen LogP contribution in [0.25, 0.3) is 6.08 Å². The first-order valence-corrected chi connectivity index (χ1v) is 7.76. The maximum Gasteiger partial charge on any atom is 0.246 e. The van der Waals surface area contributed by atoms with Crippen molar-refractivity contribution in [3.63, 3.8) is 0 Å². The fraction of sp³-hybridized carbons (Fsp3) is 0.167. The Morgan fingerprint density at radius 2 is 2.00 bits per heavy atom. The molecule has 0 N–H and O–H groups in total. The highest BCUT2D eigenvalue weighted by molar-refractivity contribution is 6.34. The van der Waals surface area contributed by atoms with Gasteiger partial charge < -0.3 is 9.64 Å². The summed E-state index contributed by atoms with van der Waals surface area (Å²) in [4.78, 5) is 13.8. The largest absolute Gasteiger partial charge is 0.497 e. The molecule has 0 heterocycles. The molecule has 0 saturated heterocycles. The zero-order valence-electron chi connectivity index (χ0n) is 12.9. The molecule has 120 valence electrons. The fourth-order valence-electron chi connectivity index (χ4n) is 2.05. The lowest BCUT2D eigenvalue weighted by molar-refractivity contribution is -0.125. The summed E-state index contributed by atoms with van der Waals surface area (Å²) in [5.74, 6) is 0.647. The third-order valence-electron chi connectivity index (χ3n) is 3.29. The van der Waals surface area contributed by atoms with Gasteiger partial charge in [-0.05, 0) is 47.5 Å². The standard InChI is InChI=1S/C18H17Cl2NO2/c1-21(12-13-4-3-5-16(10-13)23-2)18(22)9-6-14-11-15(19)7-8-17(14)20/h3-11H,12H2,1-2H3/b9-6+. The van der Waals surface area contributed by atoms with Gasteiger partial charge in [0.25, 0.3) is 0 Å². The van der Waals surface area contributed by atoms with E-state index in [2.05, 4.69) is 0 Å². The number of ether oxygens (including phenoxy) is 1. The molecule has 0 fully saturated rings. The van der Waals surface area contributed by atoms with Crippen LogP contribution in [0.1, 0.15) is 11.1 Å². The van der Waals surface area contributed by atoms with Crippen molar-refractivity contribution in [2.75, 3.05) is 14.2 Å². The highest BCUT2D eigenvalue weighted by Gasteiger charge is 2.07. The minimum Gasteiger partial charge on any atom is -0.497 e. The Kier molecular flexibility index (Phi) is 6.08. The molecule has 0 aromatic heterocycles. The van der Waals surface area contributed by atoms with E-state index in [9.17, 15) is 4.79 Å². The van der Waals surface area contributed by atoms with Crippen molar-refractivity contribution >= 4 is 35.2 Å². The predicted octanol–water partition coefficient (Wildman–Crippen LogP) is 4.67. The molecular formula is C18H17Cl2NO2. The number of nitrogens with zero attached hydrogens (tertiary/aromatic N) is 1. The van der Waals surface area contributed by atoms with Crippen molar-refractivity contribution < 1.29 is 9.53 Å². The Hall–Kier alpha value is -1.97. The molecule has 0 spiro atoms. The number of hydrogen-bond acceptors (Lipinski definition) is 2. The molecule has 2 rings (SSSR count). The van der Waals surface area contributed by atoms with Gasteiger partial charge in [-0.15, -0.1) is 0 Å². The summed E-state index contributed by atoms with van der Waals surface area (Å²) in [6, 6.07) is 12.7. The summed E-state index contributed by atoms with van der Waals surface area (Å²) in [5.41, 5.74) is 1.71. The third-order valence-corrected chi connectivity index (χ3v) is 3.87. The Morgan fingerprint density at radius 3 is 2.74 bits per heavy atom. The van der Waals surface area contributed by atoms with Crippen LogP contribution in [0.4, 0.5) is 0 Å². The zero-order valence-corrected chi connectivity index (χ0v) is 14.4. The first-order valence-electron chi connectivity index (χ1n) is 7.01. The van der Waals surface area contributed by atoms with Crippen molar-refractivity contribution in [2.45, 2.75) is 6.54 Å². The van der Waals surface area contributed by atoms with Gasteiger partial charge in [0, 0.05) is 29.7 Å². The molecular weight excluding hydrogens is 333 g/mol. The SMILES string of the molecule is COc1cccc(CN(C)C(=O)/C=C/c2cc(Cl)ccc2Cl)c1. The van der Waals surface area contributed by atoms with Crippen LogP contribution in [0.2, 0.25) is 10.0 Å². The van der Waals surface area contributed by atoms with Crippen LogP contribution in [0, 0.1) is 0 Å². The number of carbonyl (C=O) groups is 1. The van der Waals surface area contributed by atoms with Gasteiger partial charge in [-0.2, -0.15) is 0 Å². The molecule has 3 nitrogen and oxygen atoms in total. The van der Waals surface area contributed by atoms with Crippen LogP contribution in [-0.2, 0) is 11.3 Å². The summed E-state index contributed by atoms with van der Waals surface area (Å²) >= 11 is 12.0. The van der Waals surface area contributed by atoms with Crippen LogP contribution in [0.15, 0.2) is 48.5 Å². The smallest absolute Gasteiger partial charge is 0.246 e. The van der Waals surface area contributed by atoms with E-state index in [1.165, 1.54) is 6.08 Å². The van der Waals surface area contributed by atoms with Crippen LogP contribution in [0.5, 0.6) is 5.75 Å². The summed E-state index contributed by atoms with van der Waals surface area (Å²) < 4.78 is 5.18. The maximum absolute atomic E-state index is 12.2. The van der Waals surface area contributed by atoms with Crippen LogP contribution >= 0.6 is 23.2 Å². The van der Waals surface area contributed by atoms with Gasteiger partial charge in [-0.25, -0.2) is 0 Å². The molecule has 0 atom stereocenters. The van der Waals surface area contributed by atoms with E-state index < -0.39 is 0 Å². The lowest BCUT2D eigenvalue weighted by Gasteiger charge is -2.15. The lowest BCUT2D eigenvalue weighted by Crippen LogP contribution is -2.24. The van der Waals surface area contributed by atoms with E-state index in [0.717, 1.165) is 11.3 Å². The Morgan fingerprint density at radius 1 is 1.22 bits per heavy atom. The van der Waals surface area contributed by atoms with Gasteiger partial charge in [0.15, 0.2) is 0 Å². The molecule has 0 aliphatic heterocycles. The van der Waals surface area contributed by atoms with Gasteiger partial charge >= 0.3 is 0 Å². The molecule has 0 aliphatic carbocycles. The number of hydrogen-bond donors (Lipinski definition) is 0. The maximum atomic E-state index is 12.2. The molecule has 5 heteroatoms. The fourth-order valence-corrected chi connectivity index (χ4v) is 2.41. The first kappa shape index (κ1) is 17.4. The summed E-state index contributed by atoms with van der Waals surface area (Å²) in [5, 5.41) is 1.13. The van der Waals surface area contributed by atoms with Gasteiger partial charge in [0.05, 0.1) is 7.11 Å². The number of benzene rings is 2. The van der Waals surface area contributed by atoms with E-state index in [-0.39, 0.29) is 5.91 Å². The Balaban J connectivity index is 2.04. The molecule has 2 aromatic rings. The second kappa shape index (κ2) is 8.04. The van der Waals surface area contributed by atoms with E-state index in [0.29, 0.717) is 22.2 Å². The molecule has 0 unspecified atom stereocenters. The van der Waals surface area contributed by atoms with Crippen molar-refractivity contribution in [1.29, 1.82) is 0 Å². The quantitative estimate of drug-likeness (QED) is 0.733. The Labute approximate surface area is 146 Å². The highest BCUT2D eigenvalue weighted by Crippen LogP contribution is 2.22. The Bertz CT molecular complexity index is 729. The summed E-state index contributed by atoms with van der Waals surface area (Å²) in [6.07, 6.45) is 3.15. The number of rotatable bonds is 5. The second-order valence-electron chi connectivity index (χ2n) is 5.04.